The predicted molar refractivity (Wildman–Crippen MR) is 87.1 cm³/mol. The van der Waals surface area contributed by atoms with Gasteiger partial charge in [0.05, 0.1) is 0 Å². The van der Waals surface area contributed by atoms with Crippen LogP contribution in [0.2, 0.25) is 0 Å². The smallest absolute Gasteiger partial charge is 0.00143 e. The highest BCUT2D eigenvalue weighted by Crippen LogP contribution is 2.17. The maximum Gasteiger partial charge on any atom is -0.00143 e. The molecule has 0 aliphatic carbocycles. The maximum absolute atomic E-state index is 3.51. The highest BCUT2D eigenvalue weighted by atomic mass is 14.8. The molecule has 1 unspecified atom stereocenters. The first-order chi connectivity index (χ1) is 9.79. The Morgan fingerprint density at radius 1 is 0.900 bits per heavy atom. The molecule has 106 valence electrons. The van der Waals surface area contributed by atoms with E-state index in [4.69, 9.17) is 0 Å². The van der Waals surface area contributed by atoms with Crippen molar-refractivity contribution >= 4 is 0 Å². The average molecular weight is 267 g/mol. The molecule has 2 aromatic carbocycles. The Morgan fingerprint density at radius 3 is 2.30 bits per heavy atom. The highest BCUT2D eigenvalue weighted by Gasteiger charge is 2.11. The second kappa shape index (κ2) is 7.86. The van der Waals surface area contributed by atoms with Crippen LogP contribution in [0.1, 0.15) is 23.6 Å². The fourth-order valence-corrected chi connectivity index (χ4v) is 2.66. The van der Waals surface area contributed by atoms with Crippen molar-refractivity contribution in [3.8, 4) is 0 Å². The summed E-state index contributed by atoms with van der Waals surface area (Å²) in [5, 5.41) is 3.51. The van der Waals surface area contributed by atoms with Gasteiger partial charge in [-0.2, -0.15) is 0 Å². The van der Waals surface area contributed by atoms with E-state index in [-0.39, 0.29) is 0 Å². The molecule has 0 aliphatic rings. The third-order valence-electron chi connectivity index (χ3n) is 3.82. The first-order valence-corrected chi connectivity index (χ1v) is 7.58. The predicted octanol–water partition coefficient (Wildman–Crippen LogP) is 4.01. The van der Waals surface area contributed by atoms with Crippen molar-refractivity contribution < 1.29 is 0 Å². The quantitative estimate of drug-likeness (QED) is 0.799. The first kappa shape index (κ1) is 14.8. The van der Waals surface area contributed by atoms with Crippen LogP contribution >= 0.6 is 0 Å². The van der Waals surface area contributed by atoms with Crippen LogP contribution in [0.3, 0.4) is 0 Å². The van der Waals surface area contributed by atoms with Gasteiger partial charge in [-0.15, -0.1) is 0 Å². The molecule has 1 heteroatoms. The van der Waals surface area contributed by atoms with E-state index in [1.165, 1.54) is 16.7 Å². The van der Waals surface area contributed by atoms with Gasteiger partial charge >= 0.3 is 0 Å². The van der Waals surface area contributed by atoms with Gasteiger partial charge in [-0.3, -0.25) is 0 Å². The number of benzene rings is 2. The molecule has 0 fully saturated rings. The monoisotopic (exact) mass is 267 g/mol. The molecule has 1 atom stereocenters. The summed E-state index contributed by atoms with van der Waals surface area (Å²) in [5.41, 5.74) is 4.32. The molecule has 0 heterocycles. The topological polar surface area (TPSA) is 12.0 Å². The van der Waals surface area contributed by atoms with Crippen LogP contribution in [0.4, 0.5) is 0 Å². The zero-order valence-corrected chi connectivity index (χ0v) is 12.6. The number of aryl methyl sites for hydroxylation is 1. The number of hydrogen-bond acceptors (Lipinski definition) is 1. The average Bonchev–Trinajstić information content (AvgIpc) is 2.48. The zero-order valence-electron chi connectivity index (χ0n) is 12.6. The van der Waals surface area contributed by atoms with Gasteiger partial charge in [-0.05, 0) is 55.5 Å². The van der Waals surface area contributed by atoms with Gasteiger partial charge in [0.25, 0.3) is 0 Å². The second-order valence-electron chi connectivity index (χ2n) is 5.49. The van der Waals surface area contributed by atoms with Crippen molar-refractivity contribution in [2.75, 3.05) is 13.1 Å². The standard InChI is InChI=1S/C19H25N/c1-3-20-15-18(13-17-10-5-4-6-11-17)14-19-12-8-7-9-16(19)2/h4-12,18,20H,3,13-15H2,1-2H3. The molecule has 0 aromatic heterocycles. The summed E-state index contributed by atoms with van der Waals surface area (Å²) in [7, 11) is 0. The van der Waals surface area contributed by atoms with E-state index >= 15 is 0 Å². The molecular weight excluding hydrogens is 242 g/mol. The summed E-state index contributed by atoms with van der Waals surface area (Å²) in [4.78, 5) is 0. The molecule has 0 saturated carbocycles. The molecule has 0 aliphatic heterocycles. The van der Waals surface area contributed by atoms with Gasteiger partial charge in [0, 0.05) is 0 Å². The van der Waals surface area contributed by atoms with E-state index in [1.807, 2.05) is 0 Å². The van der Waals surface area contributed by atoms with Gasteiger partial charge in [0.1, 0.15) is 0 Å². The van der Waals surface area contributed by atoms with Crippen LogP contribution < -0.4 is 5.32 Å². The fraction of sp³-hybridized carbons (Fsp3) is 0.368. The number of nitrogens with one attached hydrogen (secondary N) is 1. The molecule has 1 nitrogen and oxygen atoms in total. The van der Waals surface area contributed by atoms with E-state index < -0.39 is 0 Å². The van der Waals surface area contributed by atoms with Gasteiger partial charge in [-0.1, -0.05) is 61.5 Å². The summed E-state index contributed by atoms with van der Waals surface area (Å²) < 4.78 is 0. The van der Waals surface area contributed by atoms with Crippen molar-refractivity contribution in [1.82, 2.24) is 5.32 Å². The van der Waals surface area contributed by atoms with Crippen LogP contribution in [-0.2, 0) is 12.8 Å². The Morgan fingerprint density at radius 2 is 1.60 bits per heavy atom. The summed E-state index contributed by atoms with van der Waals surface area (Å²) in [5.74, 6) is 0.651. The summed E-state index contributed by atoms with van der Waals surface area (Å²) >= 11 is 0. The van der Waals surface area contributed by atoms with E-state index in [0.29, 0.717) is 5.92 Å². The minimum Gasteiger partial charge on any atom is -0.317 e. The Kier molecular flexibility index (Phi) is 5.82. The Hall–Kier alpha value is -1.60. The summed E-state index contributed by atoms with van der Waals surface area (Å²) in [6.45, 7) is 6.51. The van der Waals surface area contributed by atoms with E-state index in [2.05, 4.69) is 73.8 Å². The van der Waals surface area contributed by atoms with Gasteiger partial charge in [-0.25, -0.2) is 0 Å². The molecule has 2 rings (SSSR count). The lowest BCUT2D eigenvalue weighted by molar-refractivity contribution is 0.477. The zero-order chi connectivity index (χ0) is 14.2. The first-order valence-electron chi connectivity index (χ1n) is 7.58. The lowest BCUT2D eigenvalue weighted by Crippen LogP contribution is -2.25. The summed E-state index contributed by atoms with van der Waals surface area (Å²) in [6.07, 6.45) is 2.29. The van der Waals surface area contributed by atoms with E-state index in [1.54, 1.807) is 0 Å². The van der Waals surface area contributed by atoms with Crippen molar-refractivity contribution in [2.24, 2.45) is 5.92 Å². The molecule has 0 saturated heterocycles. The minimum atomic E-state index is 0.651. The fourth-order valence-electron chi connectivity index (χ4n) is 2.66. The molecule has 1 N–H and O–H groups in total. The lowest BCUT2D eigenvalue weighted by Gasteiger charge is -2.19. The Labute approximate surface area is 123 Å². The van der Waals surface area contributed by atoms with Gasteiger partial charge < -0.3 is 5.32 Å². The Balaban J connectivity index is 2.05. The molecule has 0 amide bonds. The SMILES string of the molecule is CCNCC(Cc1ccccc1)Cc1ccccc1C. The Bertz CT molecular complexity index is 504. The maximum atomic E-state index is 3.51. The van der Waals surface area contributed by atoms with Gasteiger partial charge in [0.2, 0.25) is 0 Å². The highest BCUT2D eigenvalue weighted by molar-refractivity contribution is 5.26. The van der Waals surface area contributed by atoms with Crippen LogP contribution in [0, 0.1) is 12.8 Å². The molecule has 0 radical (unpaired) electrons. The van der Waals surface area contributed by atoms with Crippen LogP contribution in [-0.4, -0.2) is 13.1 Å². The molecule has 0 spiro atoms. The molecular formula is C19H25N. The normalized spacial score (nSPS) is 12.3. The minimum absolute atomic E-state index is 0.651. The third-order valence-corrected chi connectivity index (χ3v) is 3.82. The van der Waals surface area contributed by atoms with E-state index in [9.17, 15) is 0 Å². The van der Waals surface area contributed by atoms with Gasteiger partial charge in [0.15, 0.2) is 0 Å². The van der Waals surface area contributed by atoms with E-state index in [0.717, 1.165) is 25.9 Å². The van der Waals surface area contributed by atoms with Crippen molar-refractivity contribution in [3.05, 3.63) is 71.3 Å². The van der Waals surface area contributed by atoms with Crippen LogP contribution in [0.5, 0.6) is 0 Å². The van der Waals surface area contributed by atoms with Crippen molar-refractivity contribution in [3.63, 3.8) is 0 Å². The summed E-state index contributed by atoms with van der Waals surface area (Å²) in [6, 6.07) is 19.6. The second-order valence-corrected chi connectivity index (χ2v) is 5.49. The van der Waals surface area contributed by atoms with Crippen LogP contribution in [0.15, 0.2) is 54.6 Å². The largest absolute Gasteiger partial charge is 0.317 e. The van der Waals surface area contributed by atoms with Crippen molar-refractivity contribution in [2.45, 2.75) is 26.7 Å². The van der Waals surface area contributed by atoms with Crippen molar-refractivity contribution in [1.29, 1.82) is 0 Å². The van der Waals surface area contributed by atoms with Crippen LogP contribution in [0.25, 0.3) is 0 Å². The number of hydrogen-bond donors (Lipinski definition) is 1. The molecule has 0 bridgehead atoms. The third kappa shape index (κ3) is 4.50. The molecule has 2 aromatic rings. The number of rotatable bonds is 7. The molecule has 20 heavy (non-hydrogen) atoms. The lowest BCUT2D eigenvalue weighted by atomic mass is 9.90.